The van der Waals surface area contributed by atoms with Crippen molar-refractivity contribution in [3.05, 3.63) is 55.1 Å². The summed E-state index contributed by atoms with van der Waals surface area (Å²) in [5.41, 5.74) is 0.814. The first-order valence-corrected chi connectivity index (χ1v) is 7.31. The fraction of sp³-hybridized carbons (Fsp3) is 0.231. The molecule has 0 aliphatic carbocycles. The van der Waals surface area contributed by atoms with Gasteiger partial charge in [-0.05, 0) is 42.3 Å². The molecule has 0 spiro atoms. The summed E-state index contributed by atoms with van der Waals surface area (Å²) in [6.07, 6.45) is 0.395. The summed E-state index contributed by atoms with van der Waals surface area (Å²) < 4.78 is 0.881. The third-order valence-corrected chi connectivity index (χ3v) is 4.46. The molecule has 90 valence electrons. The molecular formula is C13H12BrClOS. The Balaban J connectivity index is 2.32. The third kappa shape index (κ3) is 3.10. The normalized spacial score (nSPS) is 12.7. The van der Waals surface area contributed by atoms with Gasteiger partial charge in [-0.15, -0.1) is 11.3 Å². The number of aliphatic hydroxyl groups is 1. The van der Waals surface area contributed by atoms with Crippen LogP contribution in [-0.4, -0.2) is 5.11 Å². The van der Waals surface area contributed by atoms with Crippen molar-refractivity contribution >= 4 is 38.9 Å². The second kappa shape index (κ2) is 5.53. The Morgan fingerprint density at radius 1 is 1.35 bits per heavy atom. The maximum atomic E-state index is 10.3. The number of halogens is 2. The van der Waals surface area contributed by atoms with Gasteiger partial charge >= 0.3 is 0 Å². The second-order valence-corrected chi connectivity index (χ2v) is 6.31. The Bertz CT molecular complexity index is 504. The summed E-state index contributed by atoms with van der Waals surface area (Å²) in [6, 6.07) is 9.53. The molecule has 2 aromatic rings. The Morgan fingerprint density at radius 2 is 2.12 bits per heavy atom. The first-order chi connectivity index (χ1) is 8.10. The van der Waals surface area contributed by atoms with Gasteiger partial charge in [0.15, 0.2) is 0 Å². The van der Waals surface area contributed by atoms with Gasteiger partial charge in [-0.3, -0.25) is 0 Å². The lowest BCUT2D eigenvalue weighted by Crippen LogP contribution is -1.96. The molecule has 0 saturated heterocycles. The molecule has 0 aliphatic heterocycles. The Kier molecular flexibility index (Phi) is 4.26. The maximum Gasteiger partial charge on any atom is 0.113 e. The molecule has 0 aliphatic rings. The Labute approximate surface area is 118 Å². The van der Waals surface area contributed by atoms with Crippen LogP contribution in [-0.2, 0) is 6.42 Å². The first kappa shape index (κ1) is 13.1. The topological polar surface area (TPSA) is 20.2 Å². The molecule has 1 aromatic carbocycles. The van der Waals surface area contributed by atoms with E-state index in [0.717, 1.165) is 21.3 Å². The van der Waals surface area contributed by atoms with Crippen LogP contribution in [0.25, 0.3) is 0 Å². The van der Waals surface area contributed by atoms with Gasteiger partial charge in [0.05, 0.1) is 0 Å². The highest BCUT2D eigenvalue weighted by Gasteiger charge is 2.13. The average molecular weight is 332 g/mol. The fourth-order valence-electron chi connectivity index (χ4n) is 1.63. The van der Waals surface area contributed by atoms with Crippen molar-refractivity contribution in [1.82, 2.24) is 0 Å². The molecule has 0 bridgehead atoms. The quantitative estimate of drug-likeness (QED) is 0.856. The number of hydrogen-bond acceptors (Lipinski definition) is 2. The lowest BCUT2D eigenvalue weighted by molar-refractivity contribution is 0.224. The molecule has 0 amide bonds. The van der Waals surface area contributed by atoms with E-state index < -0.39 is 6.10 Å². The van der Waals surface area contributed by atoms with Crippen molar-refractivity contribution in [2.45, 2.75) is 19.4 Å². The van der Waals surface area contributed by atoms with Crippen LogP contribution in [0, 0.1) is 0 Å². The van der Waals surface area contributed by atoms with Crippen molar-refractivity contribution in [2.75, 3.05) is 0 Å². The van der Waals surface area contributed by atoms with E-state index in [2.05, 4.69) is 28.9 Å². The van der Waals surface area contributed by atoms with Crippen LogP contribution in [0.2, 0.25) is 5.02 Å². The van der Waals surface area contributed by atoms with E-state index in [4.69, 9.17) is 11.6 Å². The van der Waals surface area contributed by atoms with Crippen molar-refractivity contribution in [3.8, 4) is 0 Å². The summed E-state index contributed by atoms with van der Waals surface area (Å²) in [5, 5.41) is 10.9. The van der Waals surface area contributed by atoms with E-state index in [0.29, 0.717) is 5.02 Å². The monoisotopic (exact) mass is 330 g/mol. The van der Waals surface area contributed by atoms with Gasteiger partial charge in [0.25, 0.3) is 0 Å². The number of aryl methyl sites for hydroxylation is 1. The highest BCUT2D eigenvalue weighted by atomic mass is 79.9. The van der Waals surface area contributed by atoms with Gasteiger partial charge in [-0.2, -0.15) is 0 Å². The SMILES string of the molecule is CCc1ccc(C(O)c2cc(Cl)cc(Br)c2)s1. The van der Waals surface area contributed by atoms with Crippen LogP contribution in [0.4, 0.5) is 0 Å². The molecule has 1 unspecified atom stereocenters. The molecule has 0 saturated carbocycles. The highest BCUT2D eigenvalue weighted by molar-refractivity contribution is 9.10. The lowest BCUT2D eigenvalue weighted by atomic mass is 10.1. The smallest absolute Gasteiger partial charge is 0.113 e. The Morgan fingerprint density at radius 3 is 2.71 bits per heavy atom. The summed E-state index contributed by atoms with van der Waals surface area (Å²) >= 11 is 11.0. The molecule has 1 heterocycles. The summed E-state index contributed by atoms with van der Waals surface area (Å²) in [4.78, 5) is 2.23. The molecule has 1 nitrogen and oxygen atoms in total. The predicted octanol–water partition coefficient (Wildman–Crippen LogP) is 4.81. The standard InChI is InChI=1S/C13H12BrClOS/c1-2-11-3-4-12(17-11)13(16)8-5-9(14)7-10(15)6-8/h3-7,13,16H,2H2,1H3. The van der Waals surface area contributed by atoms with E-state index in [1.54, 1.807) is 17.4 Å². The molecular weight excluding hydrogens is 320 g/mol. The van der Waals surface area contributed by atoms with Crippen molar-refractivity contribution in [3.63, 3.8) is 0 Å². The van der Waals surface area contributed by atoms with Gasteiger partial charge in [0.2, 0.25) is 0 Å². The Hall–Kier alpha value is -0.350. The van der Waals surface area contributed by atoms with E-state index >= 15 is 0 Å². The number of benzene rings is 1. The number of thiophene rings is 1. The van der Waals surface area contributed by atoms with Crippen LogP contribution in [0.3, 0.4) is 0 Å². The van der Waals surface area contributed by atoms with Crippen LogP contribution < -0.4 is 0 Å². The minimum atomic E-state index is -0.602. The third-order valence-electron chi connectivity index (χ3n) is 2.50. The zero-order valence-electron chi connectivity index (χ0n) is 9.28. The van der Waals surface area contributed by atoms with Crippen molar-refractivity contribution in [2.24, 2.45) is 0 Å². The predicted molar refractivity (Wildman–Crippen MR) is 76.9 cm³/mol. The molecule has 2 rings (SSSR count). The van der Waals surface area contributed by atoms with Gasteiger partial charge in [0, 0.05) is 19.2 Å². The van der Waals surface area contributed by atoms with Crippen LogP contribution in [0.15, 0.2) is 34.8 Å². The van der Waals surface area contributed by atoms with Crippen molar-refractivity contribution < 1.29 is 5.11 Å². The molecule has 4 heteroatoms. The van der Waals surface area contributed by atoms with Gasteiger partial charge in [-0.25, -0.2) is 0 Å². The van der Waals surface area contributed by atoms with Gasteiger partial charge in [-0.1, -0.05) is 34.5 Å². The minimum absolute atomic E-state index is 0.602. The molecule has 0 fully saturated rings. The highest BCUT2D eigenvalue weighted by Crippen LogP contribution is 2.31. The van der Waals surface area contributed by atoms with Gasteiger partial charge in [0.1, 0.15) is 6.10 Å². The molecule has 17 heavy (non-hydrogen) atoms. The fourth-order valence-corrected chi connectivity index (χ4v) is 3.48. The summed E-state index contributed by atoms with van der Waals surface area (Å²) in [7, 11) is 0. The maximum absolute atomic E-state index is 10.3. The molecule has 0 radical (unpaired) electrons. The average Bonchev–Trinajstić information content (AvgIpc) is 2.75. The summed E-state index contributed by atoms with van der Waals surface area (Å²) in [5.74, 6) is 0. The minimum Gasteiger partial charge on any atom is -0.383 e. The zero-order chi connectivity index (χ0) is 12.4. The molecule has 1 aromatic heterocycles. The van der Waals surface area contributed by atoms with E-state index in [9.17, 15) is 5.11 Å². The van der Waals surface area contributed by atoms with Crippen LogP contribution in [0.5, 0.6) is 0 Å². The van der Waals surface area contributed by atoms with Crippen LogP contribution >= 0.6 is 38.9 Å². The second-order valence-electron chi connectivity index (χ2n) is 3.76. The van der Waals surface area contributed by atoms with E-state index in [-0.39, 0.29) is 0 Å². The van der Waals surface area contributed by atoms with E-state index in [1.165, 1.54) is 4.88 Å². The number of rotatable bonds is 3. The summed E-state index contributed by atoms with van der Waals surface area (Å²) in [6.45, 7) is 2.11. The number of aliphatic hydroxyl groups excluding tert-OH is 1. The largest absolute Gasteiger partial charge is 0.383 e. The lowest BCUT2D eigenvalue weighted by Gasteiger charge is -2.10. The molecule has 1 atom stereocenters. The first-order valence-electron chi connectivity index (χ1n) is 5.33. The number of hydrogen-bond donors (Lipinski definition) is 1. The molecule has 1 N–H and O–H groups in total. The van der Waals surface area contributed by atoms with Crippen molar-refractivity contribution in [1.29, 1.82) is 0 Å². The van der Waals surface area contributed by atoms with E-state index in [1.807, 2.05) is 18.2 Å². The van der Waals surface area contributed by atoms with Crippen LogP contribution in [0.1, 0.15) is 28.3 Å². The zero-order valence-corrected chi connectivity index (χ0v) is 12.4. The van der Waals surface area contributed by atoms with Gasteiger partial charge < -0.3 is 5.11 Å².